The number of nitrogens with one attached hydrogen (secondary N) is 1. The van der Waals surface area contributed by atoms with Gasteiger partial charge in [-0.25, -0.2) is 4.98 Å². The van der Waals surface area contributed by atoms with Crippen LogP contribution >= 0.6 is 12.2 Å². The van der Waals surface area contributed by atoms with Crippen LogP contribution in [0.4, 0.5) is 5.82 Å². The third-order valence-electron chi connectivity index (χ3n) is 3.63. The molecule has 100 valence electrons. The monoisotopic (exact) mass is 276 g/mol. The lowest BCUT2D eigenvalue weighted by molar-refractivity contribution is -0.120. The molecule has 1 fully saturated rings. The number of thiocarbonyl (C=S) groups is 1. The van der Waals surface area contributed by atoms with Crippen LogP contribution in [0.5, 0.6) is 0 Å². The summed E-state index contributed by atoms with van der Waals surface area (Å²) in [6.45, 7) is 1.70. The summed E-state index contributed by atoms with van der Waals surface area (Å²) in [5, 5.41) is 2.81. The summed E-state index contributed by atoms with van der Waals surface area (Å²) in [7, 11) is 0. The lowest BCUT2D eigenvalue weighted by Gasteiger charge is -2.29. The first-order chi connectivity index (χ1) is 9.15. The van der Waals surface area contributed by atoms with Crippen LogP contribution in [0.1, 0.15) is 23.2 Å². The number of fused-ring (bicyclic) bond motifs is 1. The van der Waals surface area contributed by atoms with Gasteiger partial charge in [-0.05, 0) is 30.9 Å². The highest BCUT2D eigenvalue weighted by Gasteiger charge is 2.24. The van der Waals surface area contributed by atoms with E-state index in [9.17, 15) is 4.79 Å². The number of aryl methyl sites for hydroxylation is 2. The van der Waals surface area contributed by atoms with Crippen molar-refractivity contribution in [3.63, 3.8) is 0 Å². The highest BCUT2D eigenvalue weighted by molar-refractivity contribution is 7.80. The van der Waals surface area contributed by atoms with E-state index in [1.807, 2.05) is 4.90 Å². The summed E-state index contributed by atoms with van der Waals surface area (Å²) in [6.07, 6.45) is 3.17. The smallest absolute Gasteiger partial charge is 0.239 e. The number of aromatic nitrogens is 1. The summed E-state index contributed by atoms with van der Waals surface area (Å²) in [5.41, 5.74) is 8.98. The first kappa shape index (κ1) is 12.3. The highest BCUT2D eigenvalue weighted by Crippen LogP contribution is 2.27. The van der Waals surface area contributed by atoms with E-state index in [0.29, 0.717) is 18.1 Å². The van der Waals surface area contributed by atoms with Gasteiger partial charge in [0.15, 0.2) is 0 Å². The lowest BCUT2D eigenvalue weighted by Crippen LogP contribution is -2.48. The van der Waals surface area contributed by atoms with E-state index in [-0.39, 0.29) is 5.91 Å². The van der Waals surface area contributed by atoms with Crippen molar-refractivity contribution < 1.29 is 4.79 Å². The maximum Gasteiger partial charge on any atom is 0.239 e. The second-order valence-corrected chi connectivity index (χ2v) is 5.39. The molecular formula is C13H16N4OS. The topological polar surface area (TPSA) is 71.2 Å². The SMILES string of the molecule is NC(=S)c1cc2c(nc1N1CCNC(=O)C1)CCC2. The molecule has 1 aromatic heterocycles. The average molecular weight is 276 g/mol. The maximum absolute atomic E-state index is 11.5. The number of nitrogens with zero attached hydrogens (tertiary/aromatic N) is 2. The molecule has 1 aliphatic carbocycles. The van der Waals surface area contributed by atoms with Crippen molar-refractivity contribution in [2.45, 2.75) is 19.3 Å². The van der Waals surface area contributed by atoms with Gasteiger partial charge in [-0.1, -0.05) is 12.2 Å². The van der Waals surface area contributed by atoms with Crippen LogP contribution in [0, 0.1) is 0 Å². The zero-order chi connectivity index (χ0) is 13.4. The molecule has 3 N–H and O–H groups in total. The normalized spacial score (nSPS) is 18.1. The van der Waals surface area contributed by atoms with Crippen molar-refractivity contribution in [2.24, 2.45) is 5.73 Å². The largest absolute Gasteiger partial charge is 0.389 e. The molecule has 0 aromatic carbocycles. The molecule has 2 aliphatic rings. The van der Waals surface area contributed by atoms with Gasteiger partial charge >= 0.3 is 0 Å². The molecule has 0 saturated carbocycles. The van der Waals surface area contributed by atoms with E-state index in [1.165, 1.54) is 5.56 Å². The third kappa shape index (κ3) is 2.28. The Bertz CT molecular complexity index is 558. The molecule has 0 unspecified atom stereocenters. The van der Waals surface area contributed by atoms with E-state index in [0.717, 1.165) is 42.9 Å². The van der Waals surface area contributed by atoms with E-state index in [4.69, 9.17) is 22.9 Å². The summed E-state index contributed by atoms with van der Waals surface area (Å²) in [5.74, 6) is 0.783. The quantitative estimate of drug-likeness (QED) is 0.752. The second-order valence-electron chi connectivity index (χ2n) is 4.95. The van der Waals surface area contributed by atoms with Crippen LogP contribution in [0.15, 0.2) is 6.07 Å². The van der Waals surface area contributed by atoms with Crippen LogP contribution in [-0.4, -0.2) is 35.5 Å². The third-order valence-corrected chi connectivity index (χ3v) is 3.85. The first-order valence-corrected chi connectivity index (χ1v) is 6.90. The number of hydrogen-bond acceptors (Lipinski definition) is 4. The van der Waals surface area contributed by atoms with Crippen molar-refractivity contribution >= 4 is 28.9 Å². The van der Waals surface area contributed by atoms with Crippen LogP contribution in [-0.2, 0) is 17.6 Å². The van der Waals surface area contributed by atoms with E-state index in [2.05, 4.69) is 11.4 Å². The molecule has 0 bridgehead atoms. The van der Waals surface area contributed by atoms with E-state index >= 15 is 0 Å². The lowest BCUT2D eigenvalue weighted by atomic mass is 10.1. The van der Waals surface area contributed by atoms with Crippen molar-refractivity contribution in [3.8, 4) is 0 Å². The number of piperazine rings is 1. The number of anilines is 1. The fourth-order valence-corrected chi connectivity index (χ4v) is 2.85. The Hall–Kier alpha value is -1.69. The Kier molecular flexibility index (Phi) is 3.10. The summed E-state index contributed by atoms with van der Waals surface area (Å²) in [6, 6.07) is 2.06. The fraction of sp³-hybridized carbons (Fsp3) is 0.462. The minimum Gasteiger partial charge on any atom is -0.389 e. The Balaban J connectivity index is 2.03. The number of amides is 1. The van der Waals surface area contributed by atoms with Gasteiger partial charge in [0.1, 0.15) is 10.8 Å². The molecule has 6 heteroatoms. The van der Waals surface area contributed by atoms with Crippen molar-refractivity contribution in [3.05, 3.63) is 22.9 Å². The Morgan fingerprint density at radius 3 is 3.05 bits per heavy atom. The van der Waals surface area contributed by atoms with Gasteiger partial charge < -0.3 is 16.0 Å². The molecule has 19 heavy (non-hydrogen) atoms. The Morgan fingerprint density at radius 2 is 2.32 bits per heavy atom. The maximum atomic E-state index is 11.5. The molecule has 5 nitrogen and oxygen atoms in total. The van der Waals surface area contributed by atoms with Crippen molar-refractivity contribution in [1.29, 1.82) is 0 Å². The number of nitrogens with two attached hydrogens (primary N) is 1. The van der Waals surface area contributed by atoms with Gasteiger partial charge in [0.2, 0.25) is 5.91 Å². The highest BCUT2D eigenvalue weighted by atomic mass is 32.1. The van der Waals surface area contributed by atoms with Gasteiger partial charge in [-0.2, -0.15) is 0 Å². The first-order valence-electron chi connectivity index (χ1n) is 6.49. The minimum atomic E-state index is 0.0161. The molecule has 1 aliphatic heterocycles. The molecule has 0 spiro atoms. The summed E-state index contributed by atoms with van der Waals surface area (Å²) < 4.78 is 0. The molecule has 0 atom stereocenters. The number of rotatable bonds is 2. The Labute approximate surface area is 117 Å². The molecule has 1 aromatic rings. The minimum absolute atomic E-state index is 0.0161. The van der Waals surface area contributed by atoms with Gasteiger partial charge in [-0.15, -0.1) is 0 Å². The van der Waals surface area contributed by atoms with Crippen LogP contribution < -0.4 is 16.0 Å². The zero-order valence-electron chi connectivity index (χ0n) is 10.6. The molecular weight excluding hydrogens is 260 g/mol. The van der Waals surface area contributed by atoms with Gasteiger partial charge in [0, 0.05) is 18.8 Å². The predicted octanol–water partition coefficient (Wildman–Crippen LogP) is 0.141. The van der Waals surface area contributed by atoms with Gasteiger partial charge in [0.25, 0.3) is 0 Å². The molecule has 3 rings (SSSR count). The number of pyridine rings is 1. The second kappa shape index (κ2) is 4.77. The molecule has 1 amide bonds. The standard InChI is InChI=1S/C13H16N4OS/c14-12(19)9-6-8-2-1-3-10(8)16-13(9)17-5-4-15-11(18)7-17/h6H,1-5,7H2,(H2,14,19)(H,15,18). The van der Waals surface area contributed by atoms with Crippen LogP contribution in [0.2, 0.25) is 0 Å². The van der Waals surface area contributed by atoms with Gasteiger partial charge in [0.05, 0.1) is 12.1 Å². The van der Waals surface area contributed by atoms with Crippen LogP contribution in [0.25, 0.3) is 0 Å². The fourth-order valence-electron chi connectivity index (χ4n) is 2.70. The van der Waals surface area contributed by atoms with Crippen molar-refractivity contribution in [1.82, 2.24) is 10.3 Å². The van der Waals surface area contributed by atoms with E-state index in [1.54, 1.807) is 0 Å². The van der Waals surface area contributed by atoms with Gasteiger partial charge in [-0.3, -0.25) is 4.79 Å². The summed E-state index contributed by atoms with van der Waals surface area (Å²) in [4.78, 5) is 18.5. The number of carbonyl (C=O) groups excluding carboxylic acids is 1. The molecule has 0 radical (unpaired) electrons. The van der Waals surface area contributed by atoms with E-state index < -0.39 is 0 Å². The number of carbonyl (C=O) groups is 1. The predicted molar refractivity (Wildman–Crippen MR) is 77.4 cm³/mol. The Morgan fingerprint density at radius 1 is 1.47 bits per heavy atom. The van der Waals surface area contributed by atoms with Crippen LogP contribution in [0.3, 0.4) is 0 Å². The molecule has 1 saturated heterocycles. The number of hydrogen-bond donors (Lipinski definition) is 2. The molecule has 2 heterocycles. The summed E-state index contributed by atoms with van der Waals surface area (Å²) >= 11 is 5.13. The zero-order valence-corrected chi connectivity index (χ0v) is 11.4. The van der Waals surface area contributed by atoms with Crippen molar-refractivity contribution in [2.75, 3.05) is 24.5 Å². The average Bonchev–Trinajstić information content (AvgIpc) is 2.84.